The molecule has 20 heavy (non-hydrogen) atoms. The predicted octanol–water partition coefficient (Wildman–Crippen LogP) is 0.0810. The van der Waals surface area contributed by atoms with Crippen molar-refractivity contribution in [1.29, 1.82) is 0 Å². The average Bonchev–Trinajstić information content (AvgIpc) is 2.45. The van der Waals surface area contributed by atoms with Crippen molar-refractivity contribution in [3.63, 3.8) is 0 Å². The number of rotatable bonds is 4. The summed E-state index contributed by atoms with van der Waals surface area (Å²) in [5, 5.41) is 3.06. The van der Waals surface area contributed by atoms with Gasteiger partial charge in [-0.25, -0.2) is 10.8 Å². The fraction of sp³-hybridized carbons (Fsp3) is 0.500. The highest BCUT2D eigenvalue weighted by Gasteiger charge is 2.20. The van der Waals surface area contributed by atoms with Gasteiger partial charge in [0, 0.05) is 19.6 Å². The van der Waals surface area contributed by atoms with Gasteiger partial charge in [0.25, 0.3) is 5.91 Å². The summed E-state index contributed by atoms with van der Waals surface area (Å²) in [4.78, 5) is 18.3. The first kappa shape index (κ1) is 15.0. The van der Waals surface area contributed by atoms with Crippen molar-refractivity contribution in [2.24, 2.45) is 5.84 Å². The van der Waals surface area contributed by atoms with E-state index in [-0.39, 0.29) is 22.7 Å². The number of hydrazine groups is 1. The Morgan fingerprint density at radius 2 is 2.45 bits per heavy atom. The van der Waals surface area contributed by atoms with Gasteiger partial charge in [-0.1, -0.05) is 11.6 Å². The van der Waals surface area contributed by atoms with Gasteiger partial charge in [-0.3, -0.25) is 4.79 Å². The second kappa shape index (κ2) is 6.85. The Morgan fingerprint density at radius 1 is 1.65 bits per heavy atom. The summed E-state index contributed by atoms with van der Waals surface area (Å²) in [6, 6.07) is 3.17. The number of ether oxygens (including phenoxy) is 1. The van der Waals surface area contributed by atoms with Crippen LogP contribution < -0.4 is 16.6 Å². The molecule has 1 unspecified atom stereocenters. The third kappa shape index (κ3) is 3.80. The number of nitrogens with one attached hydrogen (secondary N) is 2. The number of nitrogens with zero attached hydrogens (tertiary/aromatic N) is 2. The lowest BCUT2D eigenvalue weighted by molar-refractivity contribution is -0.0175. The maximum Gasteiger partial charge on any atom is 0.271 e. The van der Waals surface area contributed by atoms with Gasteiger partial charge in [0.2, 0.25) is 0 Å². The van der Waals surface area contributed by atoms with E-state index in [0.29, 0.717) is 19.0 Å². The molecule has 8 heteroatoms. The molecule has 1 aliphatic rings. The van der Waals surface area contributed by atoms with Gasteiger partial charge in [-0.15, -0.1) is 0 Å². The van der Waals surface area contributed by atoms with Crippen molar-refractivity contribution in [3.8, 4) is 0 Å². The number of anilines is 1. The third-order valence-electron chi connectivity index (χ3n) is 3.04. The smallest absolute Gasteiger partial charge is 0.271 e. The van der Waals surface area contributed by atoms with E-state index < -0.39 is 0 Å². The quantitative estimate of drug-likeness (QED) is 0.539. The number of pyridine rings is 1. The van der Waals surface area contributed by atoms with Crippen LogP contribution in [0.3, 0.4) is 0 Å². The van der Waals surface area contributed by atoms with Crippen molar-refractivity contribution < 1.29 is 9.53 Å². The molecule has 1 aromatic rings. The van der Waals surface area contributed by atoms with Gasteiger partial charge >= 0.3 is 0 Å². The van der Waals surface area contributed by atoms with E-state index >= 15 is 0 Å². The molecule has 1 amide bonds. The van der Waals surface area contributed by atoms with Gasteiger partial charge in [0.05, 0.1) is 17.7 Å². The minimum Gasteiger partial charge on any atom is -0.374 e. The minimum absolute atomic E-state index is 0.0210. The second-order valence-electron chi connectivity index (χ2n) is 4.64. The fourth-order valence-electron chi connectivity index (χ4n) is 1.96. The first-order valence-electron chi connectivity index (χ1n) is 6.31. The lowest BCUT2D eigenvalue weighted by Gasteiger charge is -2.30. The molecule has 2 rings (SSSR count). The van der Waals surface area contributed by atoms with Crippen LogP contribution in [0, 0.1) is 0 Å². The van der Waals surface area contributed by atoms with Crippen molar-refractivity contribution in [2.75, 3.05) is 38.7 Å². The van der Waals surface area contributed by atoms with Crippen molar-refractivity contribution >= 4 is 23.3 Å². The molecular weight excluding hydrogens is 282 g/mol. The van der Waals surface area contributed by atoms with Crippen LogP contribution in [0.25, 0.3) is 0 Å². The van der Waals surface area contributed by atoms with Gasteiger partial charge in [0.1, 0.15) is 11.5 Å². The van der Waals surface area contributed by atoms with Crippen LogP contribution in [0.4, 0.5) is 5.82 Å². The van der Waals surface area contributed by atoms with E-state index in [0.717, 1.165) is 13.1 Å². The molecule has 0 bridgehead atoms. The Bertz CT molecular complexity index is 485. The molecule has 1 saturated heterocycles. The molecule has 0 radical (unpaired) electrons. The molecule has 1 fully saturated rings. The van der Waals surface area contributed by atoms with Crippen LogP contribution in [-0.2, 0) is 4.74 Å². The van der Waals surface area contributed by atoms with E-state index in [1.54, 1.807) is 12.1 Å². The van der Waals surface area contributed by atoms with Crippen LogP contribution in [0.5, 0.6) is 0 Å². The Labute approximate surface area is 122 Å². The van der Waals surface area contributed by atoms with E-state index in [2.05, 4.69) is 20.6 Å². The molecule has 2 heterocycles. The van der Waals surface area contributed by atoms with Gasteiger partial charge in [-0.2, -0.15) is 0 Å². The molecule has 0 spiro atoms. The molecular formula is C12H18ClN5O2. The van der Waals surface area contributed by atoms with Crippen LogP contribution >= 0.6 is 11.6 Å². The third-order valence-corrected chi connectivity index (χ3v) is 3.35. The zero-order chi connectivity index (χ0) is 14.5. The number of likely N-dealkylation sites (N-methyl/N-ethyl adjacent to an activating group) is 1. The molecule has 7 nitrogen and oxygen atoms in total. The number of nitrogens with two attached hydrogens (primary N) is 1. The Morgan fingerprint density at radius 3 is 3.15 bits per heavy atom. The molecule has 4 N–H and O–H groups in total. The van der Waals surface area contributed by atoms with Gasteiger partial charge < -0.3 is 20.4 Å². The number of hydrogen-bond acceptors (Lipinski definition) is 6. The van der Waals surface area contributed by atoms with Crippen molar-refractivity contribution in [1.82, 2.24) is 15.2 Å². The SMILES string of the molecule is CN1CCOC(CNC(=O)c2nc(NN)ccc2Cl)C1. The van der Waals surface area contributed by atoms with Crippen molar-refractivity contribution in [3.05, 3.63) is 22.8 Å². The average molecular weight is 300 g/mol. The summed E-state index contributed by atoms with van der Waals surface area (Å²) in [5.41, 5.74) is 2.52. The van der Waals surface area contributed by atoms with Gasteiger partial charge in [-0.05, 0) is 19.2 Å². The van der Waals surface area contributed by atoms with Crippen molar-refractivity contribution in [2.45, 2.75) is 6.10 Å². The molecule has 0 saturated carbocycles. The first-order valence-corrected chi connectivity index (χ1v) is 6.69. The highest BCUT2D eigenvalue weighted by atomic mass is 35.5. The normalized spacial score (nSPS) is 19.6. The standard InChI is InChI=1S/C12H18ClN5O2/c1-18-4-5-20-8(7-18)6-15-12(19)11-9(13)2-3-10(16-11)17-14/h2-3,8H,4-7,14H2,1H3,(H,15,19)(H,16,17). The summed E-state index contributed by atoms with van der Waals surface area (Å²) < 4.78 is 5.57. The predicted molar refractivity (Wildman–Crippen MR) is 76.6 cm³/mol. The number of halogens is 1. The zero-order valence-corrected chi connectivity index (χ0v) is 12.0. The maximum atomic E-state index is 12.1. The van der Waals surface area contributed by atoms with Crippen LogP contribution in [-0.4, -0.2) is 55.2 Å². The molecule has 1 aromatic heterocycles. The summed E-state index contributed by atoms with van der Waals surface area (Å²) in [6.45, 7) is 2.78. The Kier molecular flexibility index (Phi) is 5.13. The lowest BCUT2D eigenvalue weighted by atomic mass is 10.2. The second-order valence-corrected chi connectivity index (χ2v) is 5.04. The van der Waals surface area contributed by atoms with Gasteiger partial charge in [0.15, 0.2) is 0 Å². The number of amides is 1. The minimum atomic E-state index is -0.344. The van der Waals surface area contributed by atoms with Crippen LogP contribution in [0.2, 0.25) is 5.02 Å². The molecule has 1 aliphatic heterocycles. The number of hydrogen-bond donors (Lipinski definition) is 3. The number of aromatic nitrogens is 1. The summed E-state index contributed by atoms with van der Waals surface area (Å²) in [7, 11) is 2.02. The van der Waals surface area contributed by atoms with E-state index in [4.69, 9.17) is 22.2 Å². The molecule has 0 aliphatic carbocycles. The first-order chi connectivity index (χ1) is 9.60. The topological polar surface area (TPSA) is 92.5 Å². The summed E-state index contributed by atoms with van der Waals surface area (Å²) >= 11 is 5.96. The number of carbonyl (C=O) groups excluding carboxylic acids is 1. The highest BCUT2D eigenvalue weighted by Crippen LogP contribution is 2.16. The fourth-order valence-corrected chi connectivity index (χ4v) is 2.15. The number of morpholine rings is 1. The Hall–Kier alpha value is -1.41. The van der Waals surface area contributed by atoms with Crippen LogP contribution in [0.15, 0.2) is 12.1 Å². The Balaban J connectivity index is 1.94. The zero-order valence-electron chi connectivity index (χ0n) is 11.2. The summed E-state index contributed by atoms with van der Waals surface area (Å²) in [6.07, 6.45) is -0.0210. The van der Waals surface area contributed by atoms with Crippen LogP contribution in [0.1, 0.15) is 10.5 Å². The lowest BCUT2D eigenvalue weighted by Crippen LogP contribution is -2.46. The maximum absolute atomic E-state index is 12.1. The summed E-state index contributed by atoms with van der Waals surface area (Å²) in [5.74, 6) is 5.30. The van der Waals surface area contributed by atoms with E-state index in [9.17, 15) is 4.79 Å². The largest absolute Gasteiger partial charge is 0.374 e. The molecule has 110 valence electrons. The highest BCUT2D eigenvalue weighted by molar-refractivity contribution is 6.33. The molecule has 0 aromatic carbocycles. The number of nitrogen functional groups attached to an aromatic ring is 1. The molecule has 1 atom stereocenters. The van der Waals surface area contributed by atoms with E-state index in [1.165, 1.54) is 0 Å². The number of carbonyl (C=O) groups is 1. The monoisotopic (exact) mass is 299 g/mol. The van der Waals surface area contributed by atoms with E-state index in [1.807, 2.05) is 7.05 Å².